The SMILES string of the molecule is Cc1ccc(N(c2ccc3c(c2)-c2c(-c4ccccc4)cccc2C3(C)C)c2ccc3c(c2)oc2ccccc23)cc1. The third kappa shape index (κ3) is 3.72. The van der Waals surface area contributed by atoms with Crippen LogP contribution in [0.4, 0.5) is 17.1 Å². The van der Waals surface area contributed by atoms with Gasteiger partial charge in [-0.3, -0.25) is 0 Å². The van der Waals surface area contributed by atoms with Crippen LogP contribution in [0.1, 0.15) is 30.5 Å². The Balaban J connectivity index is 1.35. The van der Waals surface area contributed by atoms with Gasteiger partial charge in [0.25, 0.3) is 0 Å². The van der Waals surface area contributed by atoms with Crippen LogP contribution in [0.5, 0.6) is 0 Å². The molecule has 42 heavy (non-hydrogen) atoms. The van der Waals surface area contributed by atoms with E-state index in [-0.39, 0.29) is 5.41 Å². The lowest BCUT2D eigenvalue weighted by molar-refractivity contribution is 0.660. The first-order chi connectivity index (χ1) is 20.5. The van der Waals surface area contributed by atoms with Gasteiger partial charge in [-0.15, -0.1) is 0 Å². The van der Waals surface area contributed by atoms with Gasteiger partial charge in [0.2, 0.25) is 0 Å². The highest BCUT2D eigenvalue weighted by Crippen LogP contribution is 2.53. The Morgan fingerprint density at radius 1 is 0.524 bits per heavy atom. The Morgan fingerprint density at radius 3 is 2.05 bits per heavy atom. The summed E-state index contributed by atoms with van der Waals surface area (Å²) in [6.45, 7) is 6.83. The largest absolute Gasteiger partial charge is 0.456 e. The van der Waals surface area contributed by atoms with Gasteiger partial charge in [0, 0.05) is 39.3 Å². The zero-order valence-corrected chi connectivity index (χ0v) is 24.1. The van der Waals surface area contributed by atoms with Crippen LogP contribution in [0.3, 0.4) is 0 Å². The van der Waals surface area contributed by atoms with Crippen molar-refractivity contribution < 1.29 is 4.42 Å². The van der Waals surface area contributed by atoms with Gasteiger partial charge in [-0.05, 0) is 82.8 Å². The molecular weight excluding hydrogens is 510 g/mol. The van der Waals surface area contributed by atoms with Gasteiger partial charge in [0.05, 0.1) is 0 Å². The molecule has 0 saturated heterocycles. The van der Waals surface area contributed by atoms with E-state index >= 15 is 0 Å². The second kappa shape index (κ2) is 9.22. The number of rotatable bonds is 4. The Morgan fingerprint density at radius 2 is 1.21 bits per heavy atom. The number of furan rings is 1. The van der Waals surface area contributed by atoms with Crippen LogP contribution in [-0.4, -0.2) is 0 Å². The normalized spacial score (nSPS) is 13.3. The second-order valence-electron chi connectivity index (χ2n) is 11.9. The highest BCUT2D eigenvalue weighted by atomic mass is 16.3. The zero-order chi connectivity index (χ0) is 28.4. The van der Waals surface area contributed by atoms with Crippen molar-refractivity contribution in [1.82, 2.24) is 0 Å². The van der Waals surface area contributed by atoms with E-state index in [0.717, 1.165) is 39.0 Å². The van der Waals surface area contributed by atoms with Crippen molar-refractivity contribution in [3.63, 3.8) is 0 Å². The van der Waals surface area contributed by atoms with Gasteiger partial charge in [0.1, 0.15) is 11.2 Å². The summed E-state index contributed by atoms with van der Waals surface area (Å²) in [4.78, 5) is 2.35. The van der Waals surface area contributed by atoms with Crippen molar-refractivity contribution in [2.75, 3.05) is 4.90 Å². The maximum atomic E-state index is 6.32. The van der Waals surface area contributed by atoms with E-state index in [1.165, 1.54) is 38.9 Å². The number of fused-ring (bicyclic) bond motifs is 6. The molecule has 0 saturated carbocycles. The van der Waals surface area contributed by atoms with Crippen molar-refractivity contribution in [2.45, 2.75) is 26.2 Å². The molecule has 0 bridgehead atoms. The van der Waals surface area contributed by atoms with Crippen LogP contribution >= 0.6 is 0 Å². The van der Waals surface area contributed by atoms with Gasteiger partial charge >= 0.3 is 0 Å². The van der Waals surface area contributed by atoms with E-state index < -0.39 is 0 Å². The lowest BCUT2D eigenvalue weighted by Gasteiger charge is -2.27. The van der Waals surface area contributed by atoms with E-state index in [4.69, 9.17) is 4.42 Å². The summed E-state index contributed by atoms with van der Waals surface area (Å²) in [6.07, 6.45) is 0. The number of nitrogens with zero attached hydrogens (tertiary/aromatic N) is 1. The number of benzene rings is 6. The molecule has 1 aromatic heterocycles. The third-order valence-corrected chi connectivity index (χ3v) is 8.94. The Labute approximate surface area is 246 Å². The number of anilines is 3. The molecule has 6 aromatic carbocycles. The van der Waals surface area contributed by atoms with E-state index in [2.05, 4.69) is 147 Å². The molecule has 0 N–H and O–H groups in total. The van der Waals surface area contributed by atoms with Crippen LogP contribution in [0.2, 0.25) is 0 Å². The monoisotopic (exact) mass is 541 g/mol. The highest BCUT2D eigenvalue weighted by Gasteiger charge is 2.37. The smallest absolute Gasteiger partial charge is 0.137 e. The molecule has 0 fully saturated rings. The molecule has 2 heteroatoms. The molecule has 2 nitrogen and oxygen atoms in total. The van der Waals surface area contributed by atoms with Gasteiger partial charge in [0.15, 0.2) is 0 Å². The van der Waals surface area contributed by atoms with E-state index in [9.17, 15) is 0 Å². The summed E-state index contributed by atoms with van der Waals surface area (Å²) < 4.78 is 6.32. The summed E-state index contributed by atoms with van der Waals surface area (Å²) in [7, 11) is 0. The minimum Gasteiger partial charge on any atom is -0.456 e. The van der Waals surface area contributed by atoms with Crippen molar-refractivity contribution in [1.29, 1.82) is 0 Å². The first kappa shape index (κ1) is 24.7. The lowest BCUT2D eigenvalue weighted by atomic mass is 9.82. The lowest BCUT2D eigenvalue weighted by Crippen LogP contribution is -2.15. The first-order valence-corrected chi connectivity index (χ1v) is 14.6. The average molecular weight is 542 g/mol. The highest BCUT2D eigenvalue weighted by molar-refractivity contribution is 6.06. The second-order valence-corrected chi connectivity index (χ2v) is 11.9. The summed E-state index contributed by atoms with van der Waals surface area (Å²) >= 11 is 0. The Bertz CT molecular complexity index is 2120. The maximum Gasteiger partial charge on any atom is 0.137 e. The van der Waals surface area contributed by atoms with Crippen LogP contribution < -0.4 is 4.90 Å². The summed E-state index contributed by atoms with van der Waals surface area (Å²) in [5.41, 5.74) is 14.2. The number of hydrogen-bond acceptors (Lipinski definition) is 2. The minimum atomic E-state index is -0.0874. The van der Waals surface area contributed by atoms with E-state index in [1.54, 1.807) is 0 Å². The van der Waals surface area contributed by atoms with Crippen molar-refractivity contribution in [3.8, 4) is 22.3 Å². The van der Waals surface area contributed by atoms with Gasteiger partial charge < -0.3 is 9.32 Å². The fraction of sp³-hybridized carbons (Fsp3) is 0.100. The van der Waals surface area contributed by atoms with Crippen molar-refractivity contribution in [2.24, 2.45) is 0 Å². The molecule has 7 aromatic rings. The van der Waals surface area contributed by atoms with Crippen molar-refractivity contribution in [3.05, 3.63) is 150 Å². The van der Waals surface area contributed by atoms with Crippen LogP contribution in [-0.2, 0) is 5.41 Å². The predicted octanol–water partition coefficient (Wildman–Crippen LogP) is 11.3. The molecule has 0 radical (unpaired) electrons. The fourth-order valence-electron chi connectivity index (χ4n) is 6.78. The topological polar surface area (TPSA) is 16.4 Å². The summed E-state index contributed by atoms with van der Waals surface area (Å²) in [5.74, 6) is 0. The minimum absolute atomic E-state index is 0.0874. The first-order valence-electron chi connectivity index (χ1n) is 14.6. The van der Waals surface area contributed by atoms with Gasteiger partial charge in [-0.2, -0.15) is 0 Å². The molecule has 0 unspecified atom stereocenters. The number of aryl methyl sites for hydroxylation is 1. The number of hydrogen-bond donors (Lipinski definition) is 0. The molecular formula is C40H31NO. The average Bonchev–Trinajstić information content (AvgIpc) is 3.50. The summed E-state index contributed by atoms with van der Waals surface area (Å²) in [5, 5.41) is 2.28. The number of para-hydroxylation sites is 1. The van der Waals surface area contributed by atoms with E-state index in [0.29, 0.717) is 0 Å². The van der Waals surface area contributed by atoms with Crippen molar-refractivity contribution >= 4 is 39.0 Å². The van der Waals surface area contributed by atoms with Gasteiger partial charge in [-0.25, -0.2) is 0 Å². The molecule has 1 heterocycles. The molecule has 0 spiro atoms. The van der Waals surface area contributed by atoms with E-state index in [1.807, 2.05) is 12.1 Å². The molecule has 0 atom stereocenters. The Hall–Kier alpha value is -5.08. The predicted molar refractivity (Wildman–Crippen MR) is 176 cm³/mol. The zero-order valence-electron chi connectivity index (χ0n) is 24.1. The van der Waals surface area contributed by atoms with Crippen LogP contribution in [0.25, 0.3) is 44.2 Å². The molecule has 1 aliphatic carbocycles. The van der Waals surface area contributed by atoms with Crippen LogP contribution in [0.15, 0.2) is 138 Å². The quantitative estimate of drug-likeness (QED) is 0.220. The maximum absolute atomic E-state index is 6.32. The molecule has 1 aliphatic rings. The molecule has 8 rings (SSSR count). The molecule has 0 amide bonds. The molecule has 202 valence electrons. The molecule has 0 aliphatic heterocycles. The fourth-order valence-corrected chi connectivity index (χ4v) is 6.78. The van der Waals surface area contributed by atoms with Crippen LogP contribution in [0, 0.1) is 6.92 Å². The van der Waals surface area contributed by atoms with Gasteiger partial charge in [-0.1, -0.05) is 104 Å². The third-order valence-electron chi connectivity index (χ3n) is 8.94. The standard InChI is InChI=1S/C40H31NO/c1-26-16-18-28(19-17-26)41(30-20-22-33-32-12-7-8-15-37(32)42-38(33)25-30)29-21-23-35-34(24-29)39-31(27-10-5-4-6-11-27)13-9-14-36(39)40(35,2)3/h4-25H,1-3H3. The Kier molecular flexibility index (Phi) is 5.42. The summed E-state index contributed by atoms with van der Waals surface area (Å²) in [6, 6.07) is 48.1.